The van der Waals surface area contributed by atoms with E-state index in [0.717, 1.165) is 17.0 Å². The minimum atomic E-state index is -0.545. The Balaban J connectivity index is 1.78. The van der Waals surface area contributed by atoms with Crippen molar-refractivity contribution in [3.05, 3.63) is 46.4 Å². The highest BCUT2D eigenvalue weighted by Gasteiger charge is 2.23. The summed E-state index contributed by atoms with van der Waals surface area (Å²) in [4.78, 5) is 15.4. The first-order chi connectivity index (χ1) is 10.5. The van der Waals surface area contributed by atoms with Gasteiger partial charge in [0, 0.05) is 18.5 Å². The summed E-state index contributed by atoms with van der Waals surface area (Å²) < 4.78 is 5.66. The highest BCUT2D eigenvalue weighted by Crippen LogP contribution is 2.15. The van der Waals surface area contributed by atoms with Gasteiger partial charge in [-0.2, -0.15) is 0 Å². The summed E-state index contributed by atoms with van der Waals surface area (Å²) in [5, 5.41) is 5.22. The Morgan fingerprint density at radius 1 is 1.36 bits per heavy atom. The molecule has 0 spiro atoms. The molecular weight excluding hydrogens is 298 g/mol. The van der Waals surface area contributed by atoms with Crippen molar-refractivity contribution >= 4 is 17.2 Å². The van der Waals surface area contributed by atoms with E-state index >= 15 is 0 Å². The molecular formula is C16H21N3O2S. The van der Waals surface area contributed by atoms with Gasteiger partial charge < -0.3 is 15.8 Å². The zero-order chi connectivity index (χ0) is 16.0. The van der Waals surface area contributed by atoms with Crippen LogP contribution in [0.4, 0.5) is 0 Å². The highest BCUT2D eigenvalue weighted by atomic mass is 32.1. The Morgan fingerprint density at radius 2 is 2.09 bits per heavy atom. The van der Waals surface area contributed by atoms with Crippen LogP contribution < -0.4 is 15.8 Å². The number of ether oxygens (including phenoxy) is 1. The summed E-state index contributed by atoms with van der Waals surface area (Å²) in [6, 6.07) is 7.87. The first-order valence-electron chi connectivity index (χ1n) is 7.07. The van der Waals surface area contributed by atoms with Gasteiger partial charge in [0.25, 0.3) is 0 Å². The molecule has 1 aromatic heterocycles. The summed E-state index contributed by atoms with van der Waals surface area (Å²) in [6.45, 7) is 5.37. The monoisotopic (exact) mass is 319 g/mol. The first-order valence-corrected chi connectivity index (χ1v) is 8.01. The van der Waals surface area contributed by atoms with Crippen LogP contribution in [0.2, 0.25) is 0 Å². The Labute approximate surface area is 134 Å². The third-order valence-electron chi connectivity index (χ3n) is 3.36. The van der Waals surface area contributed by atoms with Gasteiger partial charge in [0.05, 0.1) is 16.6 Å². The largest absolute Gasteiger partial charge is 0.487 e. The maximum Gasteiger partial charge on any atom is 0.224 e. The van der Waals surface area contributed by atoms with Crippen LogP contribution in [0, 0.1) is 5.41 Å². The third kappa shape index (κ3) is 4.82. The molecule has 2 aromatic rings. The number of nitrogens with two attached hydrogens (primary N) is 1. The molecule has 0 fully saturated rings. The second-order valence-corrected chi connectivity index (χ2v) is 6.48. The average molecular weight is 319 g/mol. The molecule has 2 rings (SSSR count). The van der Waals surface area contributed by atoms with Crippen molar-refractivity contribution in [1.82, 2.24) is 10.3 Å². The van der Waals surface area contributed by atoms with E-state index in [1.807, 2.05) is 43.5 Å². The normalized spacial score (nSPS) is 11.4. The molecule has 0 bridgehead atoms. The molecule has 0 atom stereocenters. The molecule has 0 aliphatic rings. The van der Waals surface area contributed by atoms with Gasteiger partial charge in [-0.05, 0) is 31.5 Å². The van der Waals surface area contributed by atoms with Crippen molar-refractivity contribution in [3.63, 3.8) is 0 Å². The summed E-state index contributed by atoms with van der Waals surface area (Å²) in [5.41, 5.74) is 8.65. The summed E-state index contributed by atoms with van der Waals surface area (Å²) in [5.74, 6) is 0.514. The standard InChI is InChI=1S/C16H21N3O2S/c1-16(2,15(17)20)10-18-7-12-3-5-14(6-4-12)21-8-13-9-22-11-19-13/h3-6,9,11,18H,7-8,10H2,1-2H3,(H2,17,20). The molecule has 5 nitrogen and oxygen atoms in total. The topological polar surface area (TPSA) is 77.2 Å². The number of carbonyl (C=O) groups is 1. The SMILES string of the molecule is CC(C)(CNCc1ccc(OCc2cscn2)cc1)C(N)=O. The van der Waals surface area contributed by atoms with Crippen LogP contribution in [0.15, 0.2) is 35.2 Å². The number of carbonyl (C=O) groups excluding carboxylic acids is 1. The molecule has 0 unspecified atom stereocenters. The van der Waals surface area contributed by atoms with Crippen LogP contribution in [0.3, 0.4) is 0 Å². The number of nitrogens with zero attached hydrogens (tertiary/aromatic N) is 1. The minimum absolute atomic E-state index is 0.300. The number of hydrogen-bond acceptors (Lipinski definition) is 5. The summed E-state index contributed by atoms with van der Waals surface area (Å²) in [6.07, 6.45) is 0. The molecule has 1 heterocycles. The fraction of sp³-hybridized carbons (Fsp3) is 0.375. The van der Waals surface area contributed by atoms with E-state index in [-0.39, 0.29) is 5.91 Å². The maximum atomic E-state index is 11.2. The molecule has 6 heteroatoms. The zero-order valence-electron chi connectivity index (χ0n) is 12.8. The lowest BCUT2D eigenvalue weighted by molar-refractivity contribution is -0.125. The molecule has 0 saturated heterocycles. The van der Waals surface area contributed by atoms with Crippen molar-refractivity contribution < 1.29 is 9.53 Å². The predicted octanol–water partition coefficient (Wildman–Crippen LogP) is 2.32. The van der Waals surface area contributed by atoms with E-state index < -0.39 is 5.41 Å². The van der Waals surface area contributed by atoms with Crippen LogP contribution in [0.5, 0.6) is 5.75 Å². The molecule has 1 amide bonds. The average Bonchev–Trinajstić information content (AvgIpc) is 2.99. The van der Waals surface area contributed by atoms with Crippen LogP contribution in [-0.4, -0.2) is 17.4 Å². The van der Waals surface area contributed by atoms with Crippen molar-refractivity contribution in [1.29, 1.82) is 0 Å². The van der Waals surface area contributed by atoms with Crippen molar-refractivity contribution in [2.45, 2.75) is 27.0 Å². The lowest BCUT2D eigenvalue weighted by Gasteiger charge is -2.20. The molecule has 0 aliphatic heterocycles. The van der Waals surface area contributed by atoms with E-state index in [1.54, 1.807) is 16.8 Å². The van der Waals surface area contributed by atoms with Gasteiger partial charge in [-0.25, -0.2) is 4.98 Å². The van der Waals surface area contributed by atoms with Crippen LogP contribution in [0.1, 0.15) is 25.1 Å². The number of primary amides is 1. The van der Waals surface area contributed by atoms with E-state index in [1.165, 1.54) is 0 Å². The van der Waals surface area contributed by atoms with Crippen molar-refractivity contribution in [2.24, 2.45) is 11.1 Å². The second-order valence-electron chi connectivity index (χ2n) is 5.76. The molecule has 1 aromatic carbocycles. The molecule has 0 radical (unpaired) electrons. The smallest absolute Gasteiger partial charge is 0.224 e. The van der Waals surface area contributed by atoms with Gasteiger partial charge in [0.1, 0.15) is 12.4 Å². The van der Waals surface area contributed by atoms with E-state index in [0.29, 0.717) is 19.7 Å². The Kier molecular flexibility index (Phi) is 5.51. The first kappa shape index (κ1) is 16.5. The highest BCUT2D eigenvalue weighted by molar-refractivity contribution is 7.07. The molecule has 0 aliphatic carbocycles. The number of thiazole rings is 1. The van der Waals surface area contributed by atoms with Crippen LogP contribution >= 0.6 is 11.3 Å². The van der Waals surface area contributed by atoms with E-state index in [4.69, 9.17) is 10.5 Å². The number of benzene rings is 1. The van der Waals surface area contributed by atoms with Gasteiger partial charge in [-0.15, -0.1) is 11.3 Å². The van der Waals surface area contributed by atoms with Crippen LogP contribution in [0.25, 0.3) is 0 Å². The fourth-order valence-electron chi connectivity index (χ4n) is 1.78. The van der Waals surface area contributed by atoms with Gasteiger partial charge >= 0.3 is 0 Å². The Bertz CT molecular complexity index is 594. The van der Waals surface area contributed by atoms with E-state index in [2.05, 4.69) is 10.3 Å². The third-order valence-corrected chi connectivity index (χ3v) is 3.99. The van der Waals surface area contributed by atoms with Gasteiger partial charge in [-0.1, -0.05) is 12.1 Å². The van der Waals surface area contributed by atoms with E-state index in [9.17, 15) is 4.79 Å². The molecule has 22 heavy (non-hydrogen) atoms. The van der Waals surface area contributed by atoms with Gasteiger partial charge in [0.2, 0.25) is 5.91 Å². The van der Waals surface area contributed by atoms with Gasteiger partial charge in [-0.3, -0.25) is 4.79 Å². The Morgan fingerprint density at radius 3 is 2.68 bits per heavy atom. The Hall–Kier alpha value is -1.92. The summed E-state index contributed by atoms with van der Waals surface area (Å²) >= 11 is 1.56. The zero-order valence-corrected chi connectivity index (χ0v) is 13.7. The van der Waals surface area contributed by atoms with Crippen molar-refractivity contribution in [3.8, 4) is 5.75 Å². The number of hydrogen-bond donors (Lipinski definition) is 2. The predicted molar refractivity (Wildman–Crippen MR) is 87.6 cm³/mol. The number of nitrogens with one attached hydrogen (secondary N) is 1. The number of rotatable bonds is 8. The minimum Gasteiger partial charge on any atom is -0.487 e. The lowest BCUT2D eigenvalue weighted by Crippen LogP contribution is -2.40. The fourth-order valence-corrected chi connectivity index (χ4v) is 2.32. The molecule has 3 N–H and O–H groups in total. The van der Waals surface area contributed by atoms with Crippen molar-refractivity contribution in [2.75, 3.05) is 6.54 Å². The molecule has 0 saturated carbocycles. The van der Waals surface area contributed by atoms with Gasteiger partial charge in [0.15, 0.2) is 0 Å². The quantitative estimate of drug-likeness (QED) is 0.783. The van der Waals surface area contributed by atoms with Crippen LogP contribution in [-0.2, 0) is 17.9 Å². The second kappa shape index (κ2) is 7.38. The number of amides is 1. The number of aromatic nitrogens is 1. The molecule has 118 valence electrons. The summed E-state index contributed by atoms with van der Waals surface area (Å²) in [7, 11) is 0. The lowest BCUT2D eigenvalue weighted by atomic mass is 9.93. The maximum absolute atomic E-state index is 11.2.